The third kappa shape index (κ3) is 1.11. The van der Waals surface area contributed by atoms with Gasteiger partial charge in [0.2, 0.25) is 0 Å². The maximum Gasteiger partial charge on any atom is 0.0737 e. The molecular formula is C12H15NO. The monoisotopic (exact) mass is 189 g/mol. The predicted octanol–water partition coefficient (Wildman–Crippen LogP) is 1.66. The van der Waals surface area contributed by atoms with Gasteiger partial charge in [-0.3, -0.25) is 0 Å². The number of hydrogen-bond acceptors (Lipinski definition) is 2. The molecule has 2 aliphatic heterocycles. The van der Waals surface area contributed by atoms with Crippen molar-refractivity contribution in [3.05, 3.63) is 35.9 Å². The lowest BCUT2D eigenvalue weighted by molar-refractivity contribution is 0.0976. The summed E-state index contributed by atoms with van der Waals surface area (Å²) in [5.74, 6) is 0.426. The number of rotatable bonds is 1. The van der Waals surface area contributed by atoms with Gasteiger partial charge in [-0.2, -0.15) is 0 Å². The maximum atomic E-state index is 6.17. The smallest absolute Gasteiger partial charge is 0.0737 e. The minimum Gasteiger partial charge on any atom is -0.373 e. The molecule has 2 fully saturated rings. The molecule has 2 heterocycles. The van der Waals surface area contributed by atoms with Crippen LogP contribution in [-0.4, -0.2) is 18.2 Å². The summed E-state index contributed by atoms with van der Waals surface area (Å²) in [7, 11) is 0. The molecule has 4 unspecified atom stereocenters. The van der Waals surface area contributed by atoms with Gasteiger partial charge in [0, 0.05) is 12.0 Å². The second kappa shape index (κ2) is 3.07. The van der Waals surface area contributed by atoms with Crippen molar-refractivity contribution in [3.8, 4) is 0 Å². The number of ether oxygens (including phenoxy) is 1. The van der Waals surface area contributed by atoms with Crippen LogP contribution in [-0.2, 0) is 4.74 Å². The van der Waals surface area contributed by atoms with Crippen molar-refractivity contribution in [1.82, 2.24) is 0 Å². The molecule has 2 N–H and O–H groups in total. The molecule has 2 bridgehead atoms. The fraction of sp³-hybridized carbons (Fsp3) is 0.500. The Morgan fingerprint density at radius 2 is 1.79 bits per heavy atom. The molecule has 1 aromatic rings. The summed E-state index contributed by atoms with van der Waals surface area (Å²) >= 11 is 0. The predicted molar refractivity (Wildman–Crippen MR) is 55.1 cm³/mol. The van der Waals surface area contributed by atoms with E-state index in [1.165, 1.54) is 12.0 Å². The van der Waals surface area contributed by atoms with E-state index >= 15 is 0 Å². The molecule has 0 saturated carbocycles. The molecule has 14 heavy (non-hydrogen) atoms. The quantitative estimate of drug-likeness (QED) is 0.729. The molecule has 2 nitrogen and oxygen atoms in total. The molecule has 74 valence electrons. The van der Waals surface area contributed by atoms with Crippen molar-refractivity contribution in [1.29, 1.82) is 0 Å². The second-order valence-corrected chi connectivity index (χ2v) is 4.30. The summed E-state index contributed by atoms with van der Waals surface area (Å²) in [4.78, 5) is 0. The van der Waals surface area contributed by atoms with Gasteiger partial charge in [0.05, 0.1) is 12.2 Å². The van der Waals surface area contributed by atoms with Crippen molar-refractivity contribution < 1.29 is 4.74 Å². The topological polar surface area (TPSA) is 35.2 Å². The summed E-state index contributed by atoms with van der Waals surface area (Å²) in [5, 5.41) is 0. The lowest BCUT2D eigenvalue weighted by Gasteiger charge is -2.24. The fourth-order valence-electron chi connectivity index (χ4n) is 2.83. The Kier molecular flexibility index (Phi) is 1.85. The van der Waals surface area contributed by atoms with E-state index in [9.17, 15) is 0 Å². The Morgan fingerprint density at radius 3 is 2.43 bits per heavy atom. The van der Waals surface area contributed by atoms with Gasteiger partial charge in [0.1, 0.15) is 0 Å². The van der Waals surface area contributed by atoms with Gasteiger partial charge in [-0.15, -0.1) is 0 Å². The van der Waals surface area contributed by atoms with E-state index in [4.69, 9.17) is 10.5 Å². The van der Waals surface area contributed by atoms with Crippen LogP contribution in [0.5, 0.6) is 0 Å². The fourth-order valence-corrected chi connectivity index (χ4v) is 2.83. The summed E-state index contributed by atoms with van der Waals surface area (Å²) in [6, 6.07) is 10.7. The molecule has 3 rings (SSSR count). The van der Waals surface area contributed by atoms with E-state index in [0.717, 1.165) is 6.42 Å². The van der Waals surface area contributed by atoms with Crippen LogP contribution < -0.4 is 5.73 Å². The Bertz CT molecular complexity index is 322. The van der Waals surface area contributed by atoms with Crippen molar-refractivity contribution in [2.45, 2.75) is 37.0 Å². The molecule has 2 saturated heterocycles. The maximum absolute atomic E-state index is 6.17. The Morgan fingerprint density at radius 1 is 1.07 bits per heavy atom. The normalized spacial score (nSPS) is 40.4. The standard InChI is InChI=1S/C12H15NO/c13-12-10-7-6-9(14-10)11(12)8-4-2-1-3-5-8/h1-5,9-12H,6-7,13H2. The first kappa shape index (κ1) is 8.45. The van der Waals surface area contributed by atoms with Crippen LogP contribution >= 0.6 is 0 Å². The van der Waals surface area contributed by atoms with E-state index < -0.39 is 0 Å². The Labute approximate surface area is 84.1 Å². The van der Waals surface area contributed by atoms with Gasteiger partial charge < -0.3 is 10.5 Å². The van der Waals surface area contributed by atoms with Crippen molar-refractivity contribution in [2.24, 2.45) is 5.73 Å². The zero-order valence-electron chi connectivity index (χ0n) is 8.10. The minimum absolute atomic E-state index is 0.205. The van der Waals surface area contributed by atoms with Gasteiger partial charge in [-0.1, -0.05) is 30.3 Å². The first-order chi connectivity index (χ1) is 6.86. The number of fused-ring (bicyclic) bond motifs is 2. The van der Waals surface area contributed by atoms with Crippen molar-refractivity contribution >= 4 is 0 Å². The van der Waals surface area contributed by atoms with Crippen molar-refractivity contribution in [3.63, 3.8) is 0 Å². The van der Waals surface area contributed by atoms with Gasteiger partial charge >= 0.3 is 0 Å². The molecular weight excluding hydrogens is 174 g/mol. The van der Waals surface area contributed by atoms with E-state index in [0.29, 0.717) is 18.1 Å². The largest absolute Gasteiger partial charge is 0.373 e. The SMILES string of the molecule is NC1C2CCC(O2)C1c1ccccc1. The van der Waals surface area contributed by atoms with Crippen LogP contribution in [0.25, 0.3) is 0 Å². The molecule has 1 aromatic carbocycles. The summed E-state index contributed by atoms with van der Waals surface area (Å²) in [6.07, 6.45) is 3.01. The van der Waals surface area contributed by atoms with Crippen LogP contribution in [0.4, 0.5) is 0 Å². The number of hydrogen-bond donors (Lipinski definition) is 1. The summed E-state index contributed by atoms with van der Waals surface area (Å²) < 4.78 is 5.83. The summed E-state index contributed by atoms with van der Waals surface area (Å²) in [6.45, 7) is 0. The molecule has 4 atom stereocenters. The zero-order chi connectivity index (χ0) is 9.54. The first-order valence-electron chi connectivity index (χ1n) is 5.32. The Balaban J connectivity index is 1.93. The Hall–Kier alpha value is -0.860. The molecule has 0 amide bonds. The lowest BCUT2D eigenvalue weighted by atomic mass is 9.80. The number of nitrogens with two attached hydrogens (primary N) is 1. The third-order valence-electron chi connectivity index (χ3n) is 3.51. The highest BCUT2D eigenvalue weighted by atomic mass is 16.5. The van der Waals surface area contributed by atoms with E-state index in [1.807, 2.05) is 6.07 Å². The van der Waals surface area contributed by atoms with Gasteiger partial charge in [0.25, 0.3) is 0 Å². The highest BCUT2D eigenvalue weighted by Crippen LogP contribution is 2.43. The highest BCUT2D eigenvalue weighted by molar-refractivity contribution is 5.26. The molecule has 2 heteroatoms. The van der Waals surface area contributed by atoms with Gasteiger partial charge in [0.15, 0.2) is 0 Å². The molecule has 0 radical (unpaired) electrons. The van der Waals surface area contributed by atoms with Crippen LogP contribution in [0.3, 0.4) is 0 Å². The second-order valence-electron chi connectivity index (χ2n) is 4.30. The van der Waals surface area contributed by atoms with Crippen LogP contribution in [0.1, 0.15) is 24.3 Å². The molecule has 0 spiro atoms. The van der Waals surface area contributed by atoms with Crippen molar-refractivity contribution in [2.75, 3.05) is 0 Å². The highest BCUT2D eigenvalue weighted by Gasteiger charge is 2.47. The van der Waals surface area contributed by atoms with Crippen LogP contribution in [0, 0.1) is 0 Å². The average molecular weight is 189 g/mol. The van der Waals surface area contributed by atoms with Crippen LogP contribution in [0.15, 0.2) is 30.3 Å². The average Bonchev–Trinajstić information content (AvgIpc) is 2.79. The van der Waals surface area contributed by atoms with Gasteiger partial charge in [-0.25, -0.2) is 0 Å². The third-order valence-corrected chi connectivity index (χ3v) is 3.51. The zero-order valence-corrected chi connectivity index (χ0v) is 8.10. The van der Waals surface area contributed by atoms with E-state index in [-0.39, 0.29) is 6.04 Å². The van der Waals surface area contributed by atoms with E-state index in [1.54, 1.807) is 0 Å². The van der Waals surface area contributed by atoms with E-state index in [2.05, 4.69) is 24.3 Å². The minimum atomic E-state index is 0.205. The lowest BCUT2D eigenvalue weighted by Crippen LogP contribution is -2.37. The first-order valence-corrected chi connectivity index (χ1v) is 5.32. The number of benzene rings is 1. The van der Waals surface area contributed by atoms with Gasteiger partial charge in [-0.05, 0) is 18.4 Å². The molecule has 2 aliphatic rings. The van der Waals surface area contributed by atoms with Crippen LogP contribution in [0.2, 0.25) is 0 Å². The molecule has 0 aromatic heterocycles. The summed E-state index contributed by atoms with van der Waals surface area (Å²) in [5.41, 5.74) is 7.51. The molecule has 0 aliphatic carbocycles.